The van der Waals surface area contributed by atoms with Gasteiger partial charge in [0.2, 0.25) is 17.1 Å². The van der Waals surface area contributed by atoms with Crippen molar-refractivity contribution in [1.29, 1.82) is 0 Å². The van der Waals surface area contributed by atoms with E-state index in [-0.39, 0.29) is 29.0 Å². The summed E-state index contributed by atoms with van der Waals surface area (Å²) in [4.78, 5) is 44.1. The Hall–Kier alpha value is -4.26. The molecule has 0 aliphatic heterocycles. The van der Waals surface area contributed by atoms with Gasteiger partial charge in [-0.3, -0.25) is 14.4 Å². The van der Waals surface area contributed by atoms with Gasteiger partial charge in [0, 0.05) is 17.6 Å². The van der Waals surface area contributed by atoms with Crippen molar-refractivity contribution >= 4 is 28.4 Å². The molecule has 0 aliphatic carbocycles. The molecule has 1 N–H and O–H groups in total. The van der Waals surface area contributed by atoms with Gasteiger partial charge in [-0.25, -0.2) is 4.98 Å². The Kier molecular flexibility index (Phi) is 6.27. The first-order valence-corrected chi connectivity index (χ1v) is 10.8. The number of aromatic nitrogens is 2. The molecule has 34 heavy (non-hydrogen) atoms. The third kappa shape index (κ3) is 4.45. The molecule has 0 unspecified atom stereocenters. The molecular weight excluding hydrogens is 430 g/mol. The fourth-order valence-electron chi connectivity index (χ4n) is 3.83. The van der Waals surface area contributed by atoms with Crippen molar-refractivity contribution in [2.45, 2.75) is 27.3 Å². The lowest BCUT2D eigenvalue weighted by molar-refractivity contribution is -0.116. The largest absolute Gasteiger partial charge is 0.496 e. The third-order valence-electron chi connectivity index (χ3n) is 5.64. The molecule has 0 saturated carbocycles. The van der Waals surface area contributed by atoms with E-state index in [9.17, 15) is 14.4 Å². The first kappa shape index (κ1) is 22.9. The maximum absolute atomic E-state index is 13.4. The number of carbonyl (C=O) groups excluding carboxylic acids is 2. The molecule has 2 aromatic carbocycles. The van der Waals surface area contributed by atoms with Crippen molar-refractivity contribution in [1.82, 2.24) is 9.55 Å². The minimum atomic E-state index is -0.478. The van der Waals surface area contributed by atoms with Crippen LogP contribution < -0.4 is 15.5 Å². The summed E-state index contributed by atoms with van der Waals surface area (Å²) in [6, 6.07) is 15.9. The van der Waals surface area contributed by atoms with E-state index in [1.165, 1.54) is 13.3 Å². The molecule has 4 rings (SSSR count). The van der Waals surface area contributed by atoms with E-state index in [1.54, 1.807) is 47.9 Å². The van der Waals surface area contributed by atoms with Crippen LogP contribution in [0.4, 0.5) is 5.69 Å². The number of hydrogen-bond donors (Lipinski definition) is 1. The molecule has 172 valence electrons. The minimum Gasteiger partial charge on any atom is -0.496 e. The predicted molar refractivity (Wildman–Crippen MR) is 132 cm³/mol. The monoisotopic (exact) mass is 455 g/mol. The molecule has 0 spiro atoms. The molecule has 2 aromatic heterocycles. The quantitative estimate of drug-likeness (QED) is 0.440. The predicted octanol–water partition coefficient (Wildman–Crippen LogP) is 4.20. The second-order valence-electron chi connectivity index (χ2n) is 8.22. The van der Waals surface area contributed by atoms with Gasteiger partial charge < -0.3 is 14.6 Å². The van der Waals surface area contributed by atoms with Gasteiger partial charge in [-0.1, -0.05) is 24.3 Å². The Labute approximate surface area is 197 Å². The van der Waals surface area contributed by atoms with E-state index in [0.29, 0.717) is 22.8 Å². The number of amides is 1. The maximum Gasteiger partial charge on any atom is 0.244 e. The summed E-state index contributed by atoms with van der Waals surface area (Å²) in [5.74, 6) is -0.403. The van der Waals surface area contributed by atoms with Gasteiger partial charge in [0.15, 0.2) is 0 Å². The van der Waals surface area contributed by atoms with E-state index in [0.717, 1.165) is 11.1 Å². The molecule has 4 aromatic rings. The van der Waals surface area contributed by atoms with E-state index in [1.807, 2.05) is 32.0 Å². The van der Waals surface area contributed by atoms with Crippen molar-refractivity contribution < 1.29 is 14.3 Å². The lowest BCUT2D eigenvalue weighted by atomic mass is 10.0. The van der Waals surface area contributed by atoms with Gasteiger partial charge in [-0.05, 0) is 62.2 Å². The third-order valence-corrected chi connectivity index (χ3v) is 5.64. The zero-order valence-corrected chi connectivity index (χ0v) is 19.5. The minimum absolute atomic E-state index is 0.0535. The van der Waals surface area contributed by atoms with Gasteiger partial charge in [0.05, 0.1) is 23.6 Å². The van der Waals surface area contributed by atoms with Crippen molar-refractivity contribution in [3.8, 4) is 5.75 Å². The van der Waals surface area contributed by atoms with Crippen LogP contribution in [0, 0.1) is 20.8 Å². The molecule has 0 atom stereocenters. The van der Waals surface area contributed by atoms with Crippen LogP contribution in [-0.4, -0.2) is 28.4 Å². The summed E-state index contributed by atoms with van der Waals surface area (Å²) < 4.78 is 6.86. The zero-order chi connectivity index (χ0) is 24.4. The standard InChI is InChI=1S/C27H25N3O4/c1-16-9-10-17(2)22(13-16)29-24(31)15-30-14-21(25(32)19-7-5-6-8-23(19)34-4)26(33)20-12-11-18(3)28-27(20)30/h5-14H,15H2,1-4H3,(H,29,31). The Bertz CT molecular complexity index is 1490. The van der Waals surface area contributed by atoms with Crippen LogP contribution >= 0.6 is 0 Å². The Morgan fingerprint density at radius 3 is 2.53 bits per heavy atom. The van der Waals surface area contributed by atoms with Crippen LogP contribution in [0.2, 0.25) is 0 Å². The number of para-hydroxylation sites is 1. The maximum atomic E-state index is 13.4. The number of nitrogens with zero attached hydrogens (tertiary/aromatic N) is 2. The van der Waals surface area contributed by atoms with Gasteiger partial charge in [0.25, 0.3) is 0 Å². The second kappa shape index (κ2) is 9.31. The SMILES string of the molecule is COc1ccccc1C(=O)c1cn(CC(=O)Nc2cc(C)ccc2C)c2nc(C)ccc2c1=O. The van der Waals surface area contributed by atoms with Crippen molar-refractivity contribution in [2.75, 3.05) is 12.4 Å². The normalized spacial score (nSPS) is 10.8. The van der Waals surface area contributed by atoms with E-state index in [2.05, 4.69) is 10.3 Å². The number of benzene rings is 2. The summed E-state index contributed by atoms with van der Waals surface area (Å²) in [7, 11) is 1.47. The number of pyridine rings is 2. The first-order valence-electron chi connectivity index (χ1n) is 10.8. The Morgan fingerprint density at radius 1 is 1.00 bits per heavy atom. The van der Waals surface area contributed by atoms with Crippen molar-refractivity contribution in [3.63, 3.8) is 0 Å². The molecule has 0 fully saturated rings. The number of ketones is 1. The molecule has 0 radical (unpaired) electrons. The lowest BCUT2D eigenvalue weighted by Gasteiger charge is -2.15. The van der Waals surface area contributed by atoms with Gasteiger partial charge >= 0.3 is 0 Å². The molecule has 1 amide bonds. The van der Waals surface area contributed by atoms with Crippen LogP contribution in [0.25, 0.3) is 11.0 Å². The number of rotatable bonds is 6. The zero-order valence-electron chi connectivity index (χ0n) is 19.5. The van der Waals surface area contributed by atoms with Crippen LogP contribution in [-0.2, 0) is 11.3 Å². The summed E-state index contributed by atoms with van der Waals surface area (Å²) in [5, 5.41) is 3.19. The van der Waals surface area contributed by atoms with Crippen molar-refractivity contribution in [3.05, 3.63) is 99.0 Å². The van der Waals surface area contributed by atoms with Crippen LogP contribution in [0.3, 0.4) is 0 Å². The van der Waals surface area contributed by atoms with Gasteiger partial charge in [-0.2, -0.15) is 0 Å². The first-order chi connectivity index (χ1) is 16.3. The smallest absolute Gasteiger partial charge is 0.244 e. The number of methoxy groups -OCH3 is 1. The molecule has 2 heterocycles. The number of hydrogen-bond acceptors (Lipinski definition) is 5. The van der Waals surface area contributed by atoms with Crippen LogP contribution in [0.5, 0.6) is 5.75 Å². The van der Waals surface area contributed by atoms with Gasteiger partial charge in [-0.15, -0.1) is 0 Å². The molecule has 7 nitrogen and oxygen atoms in total. The number of anilines is 1. The van der Waals surface area contributed by atoms with Crippen molar-refractivity contribution in [2.24, 2.45) is 0 Å². The number of aryl methyl sites for hydroxylation is 3. The fraction of sp³-hybridized carbons (Fsp3) is 0.185. The molecular formula is C27H25N3O4. The molecule has 0 bridgehead atoms. The summed E-state index contributed by atoms with van der Waals surface area (Å²) in [6.45, 7) is 5.55. The van der Waals surface area contributed by atoms with Crippen LogP contribution in [0.15, 0.2) is 65.6 Å². The number of nitrogens with one attached hydrogen (secondary N) is 1. The highest BCUT2D eigenvalue weighted by atomic mass is 16.5. The summed E-state index contributed by atoms with van der Waals surface area (Å²) >= 11 is 0. The molecule has 0 aliphatic rings. The van der Waals surface area contributed by atoms with Gasteiger partial charge in [0.1, 0.15) is 17.9 Å². The highest BCUT2D eigenvalue weighted by Crippen LogP contribution is 2.22. The molecule has 7 heteroatoms. The number of fused-ring (bicyclic) bond motifs is 1. The Morgan fingerprint density at radius 2 is 1.76 bits per heavy atom. The topological polar surface area (TPSA) is 90.3 Å². The van der Waals surface area contributed by atoms with E-state index < -0.39 is 11.2 Å². The number of ether oxygens (including phenoxy) is 1. The Balaban J connectivity index is 1.79. The lowest BCUT2D eigenvalue weighted by Crippen LogP contribution is -2.25. The highest BCUT2D eigenvalue weighted by Gasteiger charge is 2.21. The fourth-order valence-corrected chi connectivity index (χ4v) is 3.83. The van der Waals surface area contributed by atoms with Crippen LogP contribution in [0.1, 0.15) is 32.7 Å². The average molecular weight is 456 g/mol. The highest BCUT2D eigenvalue weighted by molar-refractivity contribution is 6.11. The average Bonchev–Trinajstić information content (AvgIpc) is 2.82. The van der Waals surface area contributed by atoms with E-state index >= 15 is 0 Å². The summed E-state index contributed by atoms with van der Waals surface area (Å²) in [5.41, 5.74) is 3.49. The number of carbonyl (C=O) groups is 2. The molecule has 0 saturated heterocycles. The second-order valence-corrected chi connectivity index (χ2v) is 8.22. The summed E-state index contributed by atoms with van der Waals surface area (Å²) in [6.07, 6.45) is 1.41. The van der Waals surface area contributed by atoms with E-state index in [4.69, 9.17) is 4.74 Å².